The molecule has 0 aliphatic carbocycles. The molecule has 4 rings (SSSR count). The maximum absolute atomic E-state index is 12.9. The number of methoxy groups -OCH3 is 1. The number of rotatable bonds is 9. The number of halogens is 2. The Morgan fingerprint density at radius 1 is 0.811 bits per heavy atom. The second-order valence-electron chi connectivity index (χ2n) is 8.42. The van der Waals surface area contributed by atoms with Crippen molar-refractivity contribution in [2.24, 2.45) is 0 Å². The summed E-state index contributed by atoms with van der Waals surface area (Å²) < 4.78 is 4.93. The van der Waals surface area contributed by atoms with Crippen molar-refractivity contribution in [3.63, 3.8) is 0 Å². The summed E-state index contributed by atoms with van der Waals surface area (Å²) in [6.45, 7) is 0.684. The van der Waals surface area contributed by atoms with E-state index in [9.17, 15) is 9.59 Å². The molecule has 0 bridgehead atoms. The normalized spacial score (nSPS) is 11.4. The van der Waals surface area contributed by atoms with Crippen LogP contribution in [0.5, 0.6) is 0 Å². The molecule has 0 saturated heterocycles. The number of carbonyl (C=O) groups excluding carboxylic acids is 2. The smallest absolute Gasteiger partial charge is 0.328 e. The molecule has 4 aromatic carbocycles. The molecule has 7 heteroatoms. The summed E-state index contributed by atoms with van der Waals surface area (Å²) in [5.74, 6) is -1.10. The van der Waals surface area contributed by atoms with Gasteiger partial charge in [-0.25, -0.2) is 4.79 Å². The predicted octanol–water partition coefficient (Wildman–Crippen LogP) is 6.79. The van der Waals surface area contributed by atoms with E-state index in [1.165, 1.54) is 7.11 Å². The van der Waals surface area contributed by atoms with E-state index in [1.807, 2.05) is 66.7 Å². The fraction of sp³-hybridized carbons (Fsp3) is 0.133. The standard InChI is InChI=1S/C30H26Cl2N2O3/c1-37-30(36)27(34-29(35)28-25(31)12-7-13-26(28)32)18-20-14-16-21(17-15-20)24-11-6-5-8-22(24)19-33-23-9-3-2-4-10-23/h2-17,27,33H,18-19H2,1H3,(H,34,35)/t27-/m0/s1. The molecule has 0 spiro atoms. The number of anilines is 1. The number of hydrogen-bond acceptors (Lipinski definition) is 4. The van der Waals surface area contributed by atoms with Crippen LogP contribution in [-0.2, 0) is 22.5 Å². The van der Waals surface area contributed by atoms with E-state index in [4.69, 9.17) is 27.9 Å². The third-order valence-corrected chi connectivity index (χ3v) is 6.59. The zero-order valence-corrected chi connectivity index (χ0v) is 21.7. The molecule has 0 aliphatic heterocycles. The van der Waals surface area contributed by atoms with Gasteiger partial charge in [0.15, 0.2) is 0 Å². The minimum Gasteiger partial charge on any atom is -0.467 e. The van der Waals surface area contributed by atoms with Gasteiger partial charge in [0.2, 0.25) is 0 Å². The second-order valence-corrected chi connectivity index (χ2v) is 9.24. The zero-order chi connectivity index (χ0) is 26.2. The molecule has 0 fully saturated rings. The first-order valence-corrected chi connectivity index (χ1v) is 12.5. The molecule has 0 unspecified atom stereocenters. The molecular formula is C30H26Cl2N2O3. The van der Waals surface area contributed by atoms with Crippen molar-refractivity contribution < 1.29 is 14.3 Å². The molecule has 2 N–H and O–H groups in total. The van der Waals surface area contributed by atoms with Crippen LogP contribution in [0.25, 0.3) is 11.1 Å². The second kappa shape index (κ2) is 12.4. The Bertz CT molecular complexity index is 1360. The van der Waals surface area contributed by atoms with Crippen molar-refractivity contribution >= 4 is 40.8 Å². The predicted molar refractivity (Wildman–Crippen MR) is 149 cm³/mol. The summed E-state index contributed by atoms with van der Waals surface area (Å²) in [7, 11) is 1.29. The fourth-order valence-corrected chi connectivity index (χ4v) is 4.62. The van der Waals surface area contributed by atoms with E-state index >= 15 is 0 Å². The number of nitrogens with one attached hydrogen (secondary N) is 2. The van der Waals surface area contributed by atoms with Crippen LogP contribution in [0.4, 0.5) is 5.69 Å². The molecule has 5 nitrogen and oxygen atoms in total. The van der Waals surface area contributed by atoms with Crippen LogP contribution < -0.4 is 10.6 Å². The SMILES string of the molecule is COC(=O)[C@H](Cc1ccc(-c2ccccc2CNc2ccccc2)cc1)NC(=O)c1c(Cl)cccc1Cl. The number of para-hydroxylation sites is 1. The lowest BCUT2D eigenvalue weighted by Crippen LogP contribution is -2.43. The van der Waals surface area contributed by atoms with Crippen molar-refractivity contribution in [2.45, 2.75) is 19.0 Å². The highest BCUT2D eigenvalue weighted by Gasteiger charge is 2.25. The first kappa shape index (κ1) is 26.3. The van der Waals surface area contributed by atoms with Gasteiger partial charge in [-0.05, 0) is 46.5 Å². The molecule has 0 saturated carbocycles. The molecular weight excluding hydrogens is 507 g/mol. The lowest BCUT2D eigenvalue weighted by molar-refractivity contribution is -0.142. The Hall–Kier alpha value is -3.80. The van der Waals surface area contributed by atoms with Gasteiger partial charge in [-0.15, -0.1) is 0 Å². The maximum Gasteiger partial charge on any atom is 0.328 e. The van der Waals surface area contributed by atoms with Crippen LogP contribution in [0.2, 0.25) is 10.0 Å². The first-order valence-electron chi connectivity index (χ1n) is 11.7. The Kier molecular flexibility index (Phi) is 8.83. The van der Waals surface area contributed by atoms with E-state index in [1.54, 1.807) is 18.2 Å². The van der Waals surface area contributed by atoms with E-state index in [0.717, 1.165) is 27.9 Å². The number of carbonyl (C=O) groups is 2. The molecule has 4 aromatic rings. The number of benzene rings is 4. The van der Waals surface area contributed by atoms with Gasteiger partial charge < -0.3 is 15.4 Å². The first-order chi connectivity index (χ1) is 18.0. The summed E-state index contributed by atoms with van der Waals surface area (Å²) in [5.41, 5.74) is 5.37. The Labute approximate surface area is 226 Å². The molecule has 0 radical (unpaired) electrons. The van der Waals surface area contributed by atoms with Crippen molar-refractivity contribution in [1.29, 1.82) is 0 Å². The van der Waals surface area contributed by atoms with E-state index in [2.05, 4.69) is 22.8 Å². The highest BCUT2D eigenvalue weighted by Crippen LogP contribution is 2.26. The molecule has 188 valence electrons. The van der Waals surface area contributed by atoms with Gasteiger partial charge in [-0.1, -0.05) is 96.0 Å². The van der Waals surface area contributed by atoms with Crippen molar-refractivity contribution in [1.82, 2.24) is 5.32 Å². The summed E-state index contributed by atoms with van der Waals surface area (Å²) >= 11 is 12.3. The molecule has 37 heavy (non-hydrogen) atoms. The molecule has 0 aromatic heterocycles. The van der Waals surface area contributed by atoms with Gasteiger partial charge in [-0.3, -0.25) is 4.79 Å². The van der Waals surface area contributed by atoms with Gasteiger partial charge in [0.25, 0.3) is 5.91 Å². The zero-order valence-electron chi connectivity index (χ0n) is 20.2. The number of esters is 1. The quantitative estimate of drug-likeness (QED) is 0.233. The van der Waals surface area contributed by atoms with E-state index in [0.29, 0.717) is 6.54 Å². The Balaban J connectivity index is 1.49. The summed E-state index contributed by atoms with van der Waals surface area (Å²) in [6.07, 6.45) is 0.248. The molecule has 1 amide bonds. The average Bonchev–Trinajstić information content (AvgIpc) is 2.92. The number of hydrogen-bond donors (Lipinski definition) is 2. The molecule has 0 aliphatic rings. The lowest BCUT2D eigenvalue weighted by atomic mass is 9.97. The van der Waals surface area contributed by atoms with Gasteiger partial charge in [0.1, 0.15) is 6.04 Å². The van der Waals surface area contributed by atoms with Crippen LogP contribution in [0.1, 0.15) is 21.5 Å². The monoisotopic (exact) mass is 532 g/mol. The number of amides is 1. The van der Waals surface area contributed by atoms with Crippen molar-refractivity contribution in [2.75, 3.05) is 12.4 Å². The van der Waals surface area contributed by atoms with Crippen molar-refractivity contribution in [3.8, 4) is 11.1 Å². The van der Waals surface area contributed by atoms with Gasteiger partial charge in [0, 0.05) is 18.7 Å². The van der Waals surface area contributed by atoms with Gasteiger partial charge in [-0.2, -0.15) is 0 Å². The highest BCUT2D eigenvalue weighted by atomic mass is 35.5. The third kappa shape index (κ3) is 6.70. The largest absolute Gasteiger partial charge is 0.467 e. The van der Waals surface area contributed by atoms with Crippen LogP contribution in [0.3, 0.4) is 0 Å². The minimum absolute atomic E-state index is 0.121. The molecule has 1 atom stereocenters. The van der Waals surface area contributed by atoms with Gasteiger partial charge in [0.05, 0.1) is 22.7 Å². The minimum atomic E-state index is -0.905. The van der Waals surface area contributed by atoms with Crippen LogP contribution >= 0.6 is 23.2 Å². The van der Waals surface area contributed by atoms with Gasteiger partial charge >= 0.3 is 5.97 Å². The van der Waals surface area contributed by atoms with Crippen molar-refractivity contribution in [3.05, 3.63) is 124 Å². The van der Waals surface area contributed by atoms with E-state index in [-0.39, 0.29) is 22.0 Å². The van der Waals surface area contributed by atoms with Crippen LogP contribution in [0.15, 0.2) is 97.1 Å². The Morgan fingerprint density at radius 3 is 2.14 bits per heavy atom. The maximum atomic E-state index is 12.9. The van der Waals surface area contributed by atoms with Crippen LogP contribution in [0, 0.1) is 0 Å². The average molecular weight is 533 g/mol. The van der Waals surface area contributed by atoms with E-state index < -0.39 is 17.9 Å². The van der Waals surface area contributed by atoms with Crippen LogP contribution in [-0.4, -0.2) is 25.0 Å². The third-order valence-electron chi connectivity index (χ3n) is 5.96. The molecule has 0 heterocycles. The fourth-order valence-electron chi connectivity index (χ4n) is 4.05. The Morgan fingerprint density at radius 2 is 1.46 bits per heavy atom. The topological polar surface area (TPSA) is 67.4 Å². The lowest BCUT2D eigenvalue weighted by Gasteiger charge is -2.18. The number of ether oxygens (including phenoxy) is 1. The summed E-state index contributed by atoms with van der Waals surface area (Å²) in [5, 5.41) is 6.58. The summed E-state index contributed by atoms with van der Waals surface area (Å²) in [4.78, 5) is 25.3. The summed E-state index contributed by atoms with van der Waals surface area (Å²) in [6, 6.07) is 30.1. The highest BCUT2D eigenvalue weighted by molar-refractivity contribution is 6.39.